The number of hydrogen-bond acceptors (Lipinski definition) is 5. The summed E-state index contributed by atoms with van der Waals surface area (Å²) >= 11 is 1.37. The summed E-state index contributed by atoms with van der Waals surface area (Å²) in [5, 5.41) is 10.2. The molecule has 124 valence electrons. The van der Waals surface area contributed by atoms with Gasteiger partial charge in [-0.25, -0.2) is 0 Å². The Labute approximate surface area is 142 Å². The molecule has 0 heterocycles. The Kier molecular flexibility index (Phi) is 5.91. The predicted octanol–water partition coefficient (Wildman–Crippen LogP) is 2.54. The highest BCUT2D eigenvalue weighted by molar-refractivity contribution is 8.00. The summed E-state index contributed by atoms with van der Waals surface area (Å²) in [5.74, 6) is -0.894. The fourth-order valence-corrected chi connectivity index (χ4v) is 2.67. The maximum Gasteiger partial charge on any atom is 0.269 e. The molecule has 2 amide bonds. The lowest BCUT2D eigenvalue weighted by Gasteiger charge is -2.12. The molecular formula is C16H15N3O4S. The van der Waals surface area contributed by atoms with E-state index in [4.69, 9.17) is 0 Å². The first-order valence-corrected chi connectivity index (χ1v) is 7.91. The third-order valence-electron chi connectivity index (χ3n) is 3.06. The average Bonchev–Trinajstić information content (AvgIpc) is 2.60. The van der Waals surface area contributed by atoms with E-state index in [9.17, 15) is 19.7 Å². The molecule has 8 heteroatoms. The van der Waals surface area contributed by atoms with Crippen molar-refractivity contribution in [2.75, 3.05) is 0 Å². The minimum Gasteiger partial charge on any atom is -0.272 e. The van der Waals surface area contributed by atoms with Crippen LogP contribution in [0.3, 0.4) is 0 Å². The van der Waals surface area contributed by atoms with Crippen LogP contribution in [-0.2, 0) is 4.79 Å². The number of benzene rings is 2. The highest BCUT2D eigenvalue weighted by atomic mass is 32.2. The molecule has 24 heavy (non-hydrogen) atoms. The van der Waals surface area contributed by atoms with Crippen molar-refractivity contribution >= 4 is 29.3 Å². The summed E-state index contributed by atoms with van der Waals surface area (Å²) in [5.41, 5.74) is 4.74. The van der Waals surface area contributed by atoms with E-state index in [1.807, 2.05) is 30.3 Å². The van der Waals surface area contributed by atoms with E-state index in [0.717, 1.165) is 4.90 Å². The number of nitrogens with zero attached hydrogens (tertiary/aromatic N) is 1. The number of amides is 2. The van der Waals surface area contributed by atoms with Gasteiger partial charge in [-0.05, 0) is 31.2 Å². The standard InChI is InChI=1S/C16H15N3O4S/c1-11(24-14-5-3-2-4-6-14)15(20)17-18-16(21)12-7-9-13(10-8-12)19(22)23/h2-11H,1H3,(H,17,20)(H,18,21)/t11-/m1/s1. The number of non-ortho nitro benzene ring substituents is 1. The Morgan fingerprint density at radius 1 is 1.04 bits per heavy atom. The fraction of sp³-hybridized carbons (Fsp3) is 0.125. The van der Waals surface area contributed by atoms with Gasteiger partial charge in [0.1, 0.15) is 0 Å². The van der Waals surface area contributed by atoms with E-state index in [2.05, 4.69) is 10.9 Å². The number of thioether (sulfide) groups is 1. The molecule has 0 bridgehead atoms. The topological polar surface area (TPSA) is 101 Å². The predicted molar refractivity (Wildman–Crippen MR) is 90.5 cm³/mol. The molecule has 0 aromatic heterocycles. The van der Waals surface area contributed by atoms with Gasteiger partial charge in [-0.15, -0.1) is 11.8 Å². The summed E-state index contributed by atoms with van der Waals surface area (Å²) < 4.78 is 0. The number of nitrogens with one attached hydrogen (secondary N) is 2. The minimum absolute atomic E-state index is 0.108. The van der Waals surface area contributed by atoms with Gasteiger partial charge < -0.3 is 0 Å². The maximum absolute atomic E-state index is 12.0. The van der Waals surface area contributed by atoms with Crippen LogP contribution in [0.2, 0.25) is 0 Å². The summed E-state index contributed by atoms with van der Waals surface area (Å²) in [6.07, 6.45) is 0. The lowest BCUT2D eigenvalue weighted by atomic mass is 10.2. The molecular weight excluding hydrogens is 330 g/mol. The Bertz CT molecular complexity index is 735. The van der Waals surface area contributed by atoms with Crippen LogP contribution < -0.4 is 10.9 Å². The van der Waals surface area contributed by atoms with Crippen molar-refractivity contribution in [3.05, 3.63) is 70.3 Å². The average molecular weight is 345 g/mol. The molecule has 2 N–H and O–H groups in total. The number of rotatable bonds is 5. The van der Waals surface area contributed by atoms with Crippen LogP contribution in [0.4, 0.5) is 5.69 Å². The van der Waals surface area contributed by atoms with Gasteiger partial charge in [-0.2, -0.15) is 0 Å². The summed E-state index contributed by atoms with van der Waals surface area (Å²) in [6.45, 7) is 1.73. The van der Waals surface area contributed by atoms with Crippen molar-refractivity contribution in [1.29, 1.82) is 0 Å². The summed E-state index contributed by atoms with van der Waals surface area (Å²) in [6, 6.07) is 14.5. The number of carbonyl (C=O) groups is 2. The number of nitro groups is 1. The summed E-state index contributed by atoms with van der Waals surface area (Å²) in [7, 11) is 0. The van der Waals surface area contributed by atoms with Crippen molar-refractivity contribution in [1.82, 2.24) is 10.9 Å². The molecule has 0 aliphatic rings. The second-order valence-electron chi connectivity index (χ2n) is 4.82. The SMILES string of the molecule is C[C@@H](Sc1ccccc1)C(=O)NNC(=O)c1ccc([N+](=O)[O-])cc1. The first-order chi connectivity index (χ1) is 11.5. The van der Waals surface area contributed by atoms with Crippen LogP contribution in [0.15, 0.2) is 59.5 Å². The number of nitro benzene ring substituents is 1. The third-order valence-corrected chi connectivity index (χ3v) is 4.18. The molecule has 7 nitrogen and oxygen atoms in total. The zero-order valence-corrected chi connectivity index (χ0v) is 13.6. The van der Waals surface area contributed by atoms with E-state index in [-0.39, 0.29) is 17.2 Å². The van der Waals surface area contributed by atoms with Crippen molar-refractivity contribution in [2.24, 2.45) is 0 Å². The monoisotopic (exact) mass is 345 g/mol. The molecule has 1 atom stereocenters. The Balaban J connectivity index is 1.86. The van der Waals surface area contributed by atoms with Crippen molar-refractivity contribution in [3.8, 4) is 0 Å². The fourth-order valence-electron chi connectivity index (χ4n) is 1.78. The smallest absolute Gasteiger partial charge is 0.269 e. The lowest BCUT2D eigenvalue weighted by molar-refractivity contribution is -0.384. The normalized spacial score (nSPS) is 11.4. The first kappa shape index (κ1) is 17.5. The van der Waals surface area contributed by atoms with Crippen LogP contribution in [-0.4, -0.2) is 22.0 Å². The second-order valence-corrected chi connectivity index (χ2v) is 6.23. The zero-order valence-electron chi connectivity index (χ0n) is 12.8. The first-order valence-electron chi connectivity index (χ1n) is 7.03. The van der Waals surface area contributed by atoms with E-state index in [0.29, 0.717) is 0 Å². The maximum atomic E-state index is 12.0. The van der Waals surface area contributed by atoms with Gasteiger partial charge >= 0.3 is 0 Å². The van der Waals surface area contributed by atoms with Crippen LogP contribution in [0, 0.1) is 10.1 Å². The molecule has 2 aromatic rings. The number of carbonyl (C=O) groups excluding carboxylic acids is 2. The number of hydrazine groups is 1. The molecule has 0 radical (unpaired) electrons. The van der Waals surface area contributed by atoms with Crippen molar-refractivity contribution in [2.45, 2.75) is 17.1 Å². The van der Waals surface area contributed by atoms with Gasteiger partial charge in [-0.1, -0.05) is 18.2 Å². The van der Waals surface area contributed by atoms with Gasteiger partial charge in [-0.3, -0.25) is 30.6 Å². The molecule has 0 aliphatic heterocycles. The molecule has 2 rings (SSSR count). The second kappa shape index (κ2) is 8.11. The highest BCUT2D eigenvalue weighted by Gasteiger charge is 2.16. The minimum atomic E-state index is -0.550. The molecule has 0 spiro atoms. The lowest BCUT2D eigenvalue weighted by Crippen LogP contribution is -2.44. The largest absolute Gasteiger partial charge is 0.272 e. The molecule has 0 unspecified atom stereocenters. The molecule has 0 fully saturated rings. The summed E-state index contributed by atoms with van der Waals surface area (Å²) in [4.78, 5) is 34.9. The van der Waals surface area contributed by atoms with Gasteiger partial charge in [0.15, 0.2) is 0 Å². The van der Waals surface area contributed by atoms with Crippen molar-refractivity contribution in [3.63, 3.8) is 0 Å². The Morgan fingerprint density at radius 3 is 2.25 bits per heavy atom. The molecule has 0 saturated heterocycles. The van der Waals surface area contributed by atoms with Gasteiger partial charge in [0.05, 0.1) is 10.2 Å². The quantitative estimate of drug-likeness (QED) is 0.493. The zero-order chi connectivity index (χ0) is 17.5. The van der Waals surface area contributed by atoms with Gasteiger partial charge in [0.2, 0.25) is 0 Å². The van der Waals surface area contributed by atoms with Crippen LogP contribution in [0.5, 0.6) is 0 Å². The molecule has 0 saturated carbocycles. The molecule has 2 aromatic carbocycles. The molecule has 0 aliphatic carbocycles. The van der Waals surface area contributed by atoms with Gasteiger partial charge in [0, 0.05) is 22.6 Å². The highest BCUT2D eigenvalue weighted by Crippen LogP contribution is 2.22. The van der Waals surface area contributed by atoms with Crippen LogP contribution >= 0.6 is 11.8 Å². The van der Waals surface area contributed by atoms with E-state index in [1.165, 1.54) is 36.0 Å². The van der Waals surface area contributed by atoms with Crippen LogP contribution in [0.25, 0.3) is 0 Å². The van der Waals surface area contributed by atoms with E-state index >= 15 is 0 Å². The van der Waals surface area contributed by atoms with E-state index in [1.54, 1.807) is 6.92 Å². The third kappa shape index (κ3) is 4.82. The van der Waals surface area contributed by atoms with Gasteiger partial charge in [0.25, 0.3) is 17.5 Å². The Morgan fingerprint density at radius 2 is 1.67 bits per heavy atom. The van der Waals surface area contributed by atoms with Crippen molar-refractivity contribution < 1.29 is 14.5 Å². The van der Waals surface area contributed by atoms with E-state index < -0.39 is 16.1 Å². The number of hydrogen-bond donors (Lipinski definition) is 2. The Hall–Kier alpha value is -2.87. The van der Waals surface area contributed by atoms with Crippen LogP contribution in [0.1, 0.15) is 17.3 Å².